The second-order valence-electron chi connectivity index (χ2n) is 10.4. The summed E-state index contributed by atoms with van der Waals surface area (Å²) < 4.78 is 72.7. The minimum absolute atomic E-state index is 0.0607. The van der Waals surface area contributed by atoms with E-state index in [1.165, 1.54) is 26.1 Å². The van der Waals surface area contributed by atoms with Gasteiger partial charge in [-0.05, 0) is 0 Å². The molecule has 1 fully saturated rings. The van der Waals surface area contributed by atoms with Crippen LogP contribution in [0.1, 0.15) is 59.3 Å². The Balaban J connectivity index is 2.08. The van der Waals surface area contributed by atoms with E-state index in [9.17, 15) is 21.6 Å². The molecule has 1 saturated heterocycles. The summed E-state index contributed by atoms with van der Waals surface area (Å²) in [5, 5.41) is 1.68. The number of piperazine rings is 1. The van der Waals surface area contributed by atoms with Crippen molar-refractivity contribution in [2.24, 2.45) is 0 Å². The molecule has 0 atom stereocenters. The summed E-state index contributed by atoms with van der Waals surface area (Å²) in [6.45, 7) is 5.91. The number of aromatic nitrogens is 1. The van der Waals surface area contributed by atoms with Crippen molar-refractivity contribution in [3.8, 4) is 0 Å². The zero-order chi connectivity index (χ0) is 27.1. The fourth-order valence-electron chi connectivity index (χ4n) is 5.66. The van der Waals surface area contributed by atoms with Crippen LogP contribution in [-0.4, -0.2) is 79.9 Å². The summed E-state index contributed by atoms with van der Waals surface area (Å²) in [4.78, 5) is 6.20. The van der Waals surface area contributed by atoms with Crippen LogP contribution in [-0.2, 0) is 10.0 Å². The van der Waals surface area contributed by atoms with Gasteiger partial charge in [0.15, 0.2) is 0 Å². The Morgan fingerprint density at radius 2 is 1.46 bits per heavy atom. The van der Waals surface area contributed by atoms with Crippen LogP contribution in [0.5, 0.6) is 0 Å². The van der Waals surface area contributed by atoms with Crippen LogP contribution in [0.4, 0.5) is 13.2 Å². The molecule has 1 aliphatic heterocycles. The van der Waals surface area contributed by atoms with Gasteiger partial charge in [-0.2, -0.15) is 0 Å². The number of nitrogens with zero attached hydrogens (tertiary/aromatic N) is 3. The predicted molar refractivity (Wildman–Crippen MR) is 148 cm³/mol. The van der Waals surface area contributed by atoms with Gasteiger partial charge in [-0.1, -0.05) is 0 Å². The molecule has 1 aliphatic rings. The van der Waals surface area contributed by atoms with E-state index < -0.39 is 41.1 Å². The van der Waals surface area contributed by atoms with E-state index in [1.54, 1.807) is 18.3 Å². The van der Waals surface area contributed by atoms with Crippen LogP contribution in [0.25, 0.3) is 10.8 Å². The summed E-state index contributed by atoms with van der Waals surface area (Å²) in [6.07, 6.45) is 6.23. The average Bonchev–Trinajstić information content (AvgIpc) is 2.87. The molecular weight excluding hydrogens is 606 g/mol. The standard InChI is InChI=1S/C15H15F3N3O2S.3C4H9.Sn/c16-15(17,18)11-20-6-8-21(9-7-20)24(22,23)14-3-1-2-12-10-19-5-4-13(12)14;3*1-3-4-2;/h1-3,5,10H,6-9,11H2;3*1,3-4H2,2H3;. The summed E-state index contributed by atoms with van der Waals surface area (Å²) in [7, 11) is -3.87. The van der Waals surface area contributed by atoms with Crippen molar-refractivity contribution in [1.29, 1.82) is 0 Å². The first-order valence-corrected chi connectivity index (χ1v) is 22.7. The third-order valence-electron chi connectivity index (χ3n) is 7.70. The predicted octanol–water partition coefficient (Wildman–Crippen LogP) is 6.16. The van der Waals surface area contributed by atoms with E-state index in [0.29, 0.717) is 4.90 Å². The summed E-state index contributed by atoms with van der Waals surface area (Å²) in [5.41, 5.74) is 0. The van der Waals surface area contributed by atoms with Gasteiger partial charge < -0.3 is 0 Å². The Morgan fingerprint density at radius 3 is 1.97 bits per heavy atom. The van der Waals surface area contributed by atoms with Crippen LogP contribution in [0, 0.1) is 0 Å². The van der Waals surface area contributed by atoms with Gasteiger partial charge in [-0.3, -0.25) is 0 Å². The van der Waals surface area contributed by atoms with Crippen molar-refractivity contribution in [2.45, 2.75) is 83.7 Å². The number of hydrogen-bond acceptors (Lipinski definition) is 4. The second-order valence-corrected chi connectivity index (χ2v) is 25.5. The number of hydrogen-bond donors (Lipinski definition) is 0. The van der Waals surface area contributed by atoms with Gasteiger partial charge in [0, 0.05) is 0 Å². The van der Waals surface area contributed by atoms with Gasteiger partial charge in [-0.25, -0.2) is 0 Å². The molecule has 0 amide bonds. The Morgan fingerprint density at radius 1 is 0.892 bits per heavy atom. The number of sulfonamides is 1. The first-order valence-electron chi connectivity index (χ1n) is 13.7. The normalized spacial score (nSPS) is 16.5. The third-order valence-corrected chi connectivity index (χ3v) is 25.2. The van der Waals surface area contributed by atoms with Crippen molar-refractivity contribution in [3.63, 3.8) is 0 Å². The first-order chi connectivity index (χ1) is 17.6. The Hall–Kier alpha value is -0.911. The SMILES string of the molecule is CCC[CH2][Sn]([CH2]CCC)([CH2]CCC)[c]1cncc2cccc(S(=O)(=O)N3CCN(CC(F)(F)F)CC3)c12. The van der Waals surface area contributed by atoms with E-state index in [4.69, 9.17) is 0 Å². The molecule has 0 unspecified atom stereocenters. The van der Waals surface area contributed by atoms with Gasteiger partial charge >= 0.3 is 226 Å². The van der Waals surface area contributed by atoms with Crippen LogP contribution >= 0.6 is 0 Å². The average molecular weight is 648 g/mol. The number of benzene rings is 1. The Kier molecular flexibility index (Phi) is 11.1. The van der Waals surface area contributed by atoms with E-state index in [2.05, 4.69) is 25.8 Å². The van der Waals surface area contributed by atoms with Gasteiger partial charge in [0.2, 0.25) is 0 Å². The molecule has 0 saturated carbocycles. The van der Waals surface area contributed by atoms with E-state index in [-0.39, 0.29) is 26.2 Å². The Bertz CT molecular complexity index is 1090. The van der Waals surface area contributed by atoms with Gasteiger partial charge in [0.05, 0.1) is 0 Å². The second kappa shape index (κ2) is 13.4. The van der Waals surface area contributed by atoms with E-state index in [0.717, 1.165) is 49.3 Å². The topological polar surface area (TPSA) is 53.5 Å². The van der Waals surface area contributed by atoms with Crippen molar-refractivity contribution in [2.75, 3.05) is 32.7 Å². The van der Waals surface area contributed by atoms with E-state index in [1.807, 2.05) is 12.3 Å². The molecule has 0 radical (unpaired) electrons. The molecule has 3 rings (SSSR count). The third kappa shape index (κ3) is 7.60. The number of unbranched alkanes of at least 4 members (excludes halogenated alkanes) is 3. The van der Waals surface area contributed by atoms with Crippen molar-refractivity contribution < 1.29 is 21.6 Å². The van der Waals surface area contributed by atoms with Gasteiger partial charge in [0.1, 0.15) is 0 Å². The zero-order valence-corrected chi connectivity index (χ0v) is 26.2. The molecule has 0 bridgehead atoms. The van der Waals surface area contributed by atoms with Crippen LogP contribution in [0.2, 0.25) is 13.3 Å². The zero-order valence-electron chi connectivity index (χ0n) is 22.5. The molecule has 37 heavy (non-hydrogen) atoms. The fourth-order valence-corrected chi connectivity index (χ4v) is 24.2. The number of fused-ring (bicyclic) bond motifs is 1. The molecule has 1 aromatic carbocycles. The quantitative estimate of drug-likeness (QED) is 0.245. The number of rotatable bonds is 13. The maximum absolute atomic E-state index is 14.0. The molecular formula is C27H42F3N3O2SSn. The molecule has 10 heteroatoms. The molecule has 1 aromatic heterocycles. The molecule has 208 valence electrons. The minimum atomic E-state index is -4.29. The summed E-state index contributed by atoms with van der Waals surface area (Å²) in [5.74, 6) is 0. The summed E-state index contributed by atoms with van der Waals surface area (Å²) >= 11 is -3.06. The molecule has 5 nitrogen and oxygen atoms in total. The molecule has 0 spiro atoms. The summed E-state index contributed by atoms with van der Waals surface area (Å²) in [6, 6.07) is 5.41. The van der Waals surface area contributed by atoms with E-state index >= 15 is 0 Å². The fraction of sp³-hybridized carbons (Fsp3) is 0.667. The van der Waals surface area contributed by atoms with Crippen LogP contribution in [0.3, 0.4) is 0 Å². The van der Waals surface area contributed by atoms with Crippen molar-refractivity contribution in [3.05, 3.63) is 30.6 Å². The first kappa shape index (κ1) is 30.6. The molecule has 0 N–H and O–H groups in total. The maximum atomic E-state index is 14.0. The molecule has 2 heterocycles. The van der Waals surface area contributed by atoms with Gasteiger partial charge in [-0.15, -0.1) is 0 Å². The van der Waals surface area contributed by atoms with Crippen molar-refractivity contribution in [1.82, 2.24) is 14.2 Å². The monoisotopic (exact) mass is 649 g/mol. The van der Waals surface area contributed by atoms with Crippen LogP contribution < -0.4 is 3.58 Å². The number of pyridine rings is 1. The van der Waals surface area contributed by atoms with Crippen molar-refractivity contribution >= 4 is 42.8 Å². The number of halogens is 3. The number of alkyl halides is 3. The van der Waals surface area contributed by atoms with Crippen LogP contribution in [0.15, 0.2) is 35.5 Å². The Labute approximate surface area is 224 Å². The molecule has 2 aromatic rings. The van der Waals surface area contributed by atoms with Gasteiger partial charge in [0.25, 0.3) is 0 Å². The molecule has 0 aliphatic carbocycles.